The fraction of sp³-hybridized carbons (Fsp3) is 0.600. The third kappa shape index (κ3) is 3.73. The minimum atomic E-state index is -4.25. The van der Waals surface area contributed by atoms with Crippen LogP contribution < -0.4 is 9.80 Å². The van der Waals surface area contributed by atoms with Crippen LogP contribution in [0.15, 0.2) is 24.3 Å². The monoisotopic (exact) mass is 288 g/mol. The second-order valence-electron chi connectivity index (χ2n) is 5.89. The first-order valence-electron chi connectivity index (χ1n) is 7.21. The number of rotatable bonds is 3. The molecule has 1 fully saturated rings. The number of alkyl halides is 3. The molecule has 1 heterocycles. The number of quaternary nitrogens is 2. The lowest BCUT2D eigenvalue weighted by Gasteiger charge is -2.32. The molecule has 1 aromatic carbocycles. The Bertz CT molecular complexity index is 435. The molecule has 1 saturated heterocycles. The largest absolute Gasteiger partial charge is 0.416 e. The maximum absolute atomic E-state index is 13.0. The van der Waals surface area contributed by atoms with Gasteiger partial charge in [0.15, 0.2) is 0 Å². The van der Waals surface area contributed by atoms with E-state index in [9.17, 15) is 13.2 Å². The summed E-state index contributed by atoms with van der Waals surface area (Å²) in [6, 6.07) is 6.54. The van der Waals surface area contributed by atoms with E-state index in [1.54, 1.807) is 17.0 Å². The van der Waals surface area contributed by atoms with Crippen LogP contribution in [0, 0.1) is 0 Å². The lowest BCUT2D eigenvalue weighted by molar-refractivity contribution is -1.03. The second-order valence-corrected chi connectivity index (χ2v) is 5.89. The number of benzene rings is 1. The van der Waals surface area contributed by atoms with Crippen molar-refractivity contribution in [1.82, 2.24) is 0 Å². The van der Waals surface area contributed by atoms with Gasteiger partial charge in [-0.05, 0) is 19.9 Å². The summed E-state index contributed by atoms with van der Waals surface area (Å²) < 4.78 is 38.9. The van der Waals surface area contributed by atoms with Gasteiger partial charge in [-0.2, -0.15) is 13.2 Å². The highest BCUT2D eigenvalue weighted by molar-refractivity contribution is 5.28. The van der Waals surface area contributed by atoms with Gasteiger partial charge < -0.3 is 9.80 Å². The van der Waals surface area contributed by atoms with Crippen LogP contribution >= 0.6 is 0 Å². The molecule has 1 aromatic rings. The first-order valence-corrected chi connectivity index (χ1v) is 7.21. The number of hydrogen-bond acceptors (Lipinski definition) is 0. The number of hydrogen-bond donors (Lipinski definition) is 2. The maximum atomic E-state index is 13.0. The first-order chi connectivity index (χ1) is 9.38. The summed E-state index contributed by atoms with van der Waals surface area (Å²) in [6.45, 7) is 8.83. The maximum Gasteiger partial charge on any atom is 0.416 e. The molecule has 0 radical (unpaired) electrons. The molecule has 0 spiro atoms. The number of nitrogens with one attached hydrogen (secondary N) is 2. The van der Waals surface area contributed by atoms with E-state index in [4.69, 9.17) is 0 Å². The van der Waals surface area contributed by atoms with Gasteiger partial charge in [-0.1, -0.05) is 18.2 Å². The van der Waals surface area contributed by atoms with Crippen molar-refractivity contribution in [1.29, 1.82) is 0 Å². The normalized spacial score (nSPS) is 24.1. The summed E-state index contributed by atoms with van der Waals surface area (Å²) in [4.78, 5) is 2.81. The Hall–Kier alpha value is -1.07. The first kappa shape index (κ1) is 15.3. The van der Waals surface area contributed by atoms with Gasteiger partial charge >= 0.3 is 6.18 Å². The van der Waals surface area contributed by atoms with Crippen LogP contribution in [-0.4, -0.2) is 32.2 Å². The summed E-state index contributed by atoms with van der Waals surface area (Å²) in [6.07, 6.45) is -4.25. The topological polar surface area (TPSA) is 8.88 Å². The van der Waals surface area contributed by atoms with E-state index in [0.717, 1.165) is 26.2 Å². The van der Waals surface area contributed by atoms with Crippen LogP contribution in [0.25, 0.3) is 0 Å². The molecule has 20 heavy (non-hydrogen) atoms. The van der Waals surface area contributed by atoms with Gasteiger partial charge in [-0.3, -0.25) is 0 Å². The third-order valence-electron chi connectivity index (χ3n) is 4.18. The van der Waals surface area contributed by atoms with Gasteiger partial charge in [0.05, 0.1) is 11.6 Å². The van der Waals surface area contributed by atoms with Crippen molar-refractivity contribution in [3.05, 3.63) is 35.4 Å². The predicted octanol–water partition coefficient (Wildman–Crippen LogP) is 0.397. The zero-order chi connectivity index (χ0) is 14.8. The fourth-order valence-corrected chi connectivity index (χ4v) is 2.90. The summed E-state index contributed by atoms with van der Waals surface area (Å²) in [5.41, 5.74) is -0.0610. The van der Waals surface area contributed by atoms with Gasteiger partial charge in [0.2, 0.25) is 0 Å². The Morgan fingerprint density at radius 1 is 1.05 bits per heavy atom. The van der Waals surface area contributed by atoms with Crippen molar-refractivity contribution < 1.29 is 23.0 Å². The van der Waals surface area contributed by atoms with Crippen molar-refractivity contribution in [2.24, 2.45) is 0 Å². The van der Waals surface area contributed by atoms with Crippen molar-refractivity contribution in [3.8, 4) is 0 Å². The summed E-state index contributed by atoms with van der Waals surface area (Å²) in [7, 11) is 0. The molecule has 0 aliphatic carbocycles. The number of piperazine rings is 1. The molecule has 0 amide bonds. The van der Waals surface area contributed by atoms with E-state index in [2.05, 4.69) is 13.8 Å². The van der Waals surface area contributed by atoms with Crippen molar-refractivity contribution in [2.45, 2.75) is 32.6 Å². The molecule has 112 valence electrons. The summed E-state index contributed by atoms with van der Waals surface area (Å²) >= 11 is 0. The molecule has 1 aliphatic rings. The van der Waals surface area contributed by atoms with Crippen molar-refractivity contribution in [3.63, 3.8) is 0 Å². The zero-order valence-corrected chi connectivity index (χ0v) is 12.1. The Morgan fingerprint density at radius 3 is 2.20 bits per heavy atom. The number of halogens is 3. The van der Waals surface area contributed by atoms with Gasteiger partial charge in [-0.15, -0.1) is 0 Å². The highest BCUT2D eigenvalue weighted by atomic mass is 19.4. The fourth-order valence-electron chi connectivity index (χ4n) is 2.90. The molecule has 0 bridgehead atoms. The molecule has 0 aromatic heterocycles. The lowest BCUT2D eigenvalue weighted by atomic mass is 10.1. The average molecular weight is 288 g/mol. The van der Waals surface area contributed by atoms with Gasteiger partial charge in [-0.25, -0.2) is 0 Å². The van der Waals surface area contributed by atoms with Crippen LogP contribution in [-0.2, 0) is 12.7 Å². The Morgan fingerprint density at radius 2 is 1.65 bits per heavy atom. The van der Waals surface area contributed by atoms with E-state index >= 15 is 0 Å². The highest BCUT2D eigenvalue weighted by Gasteiger charge is 2.34. The Kier molecular flexibility index (Phi) is 4.70. The summed E-state index contributed by atoms with van der Waals surface area (Å²) in [5, 5.41) is 0. The molecular formula is C15H23F3N2+2. The van der Waals surface area contributed by atoms with E-state index in [1.807, 2.05) is 0 Å². The van der Waals surface area contributed by atoms with Gasteiger partial charge in [0.25, 0.3) is 0 Å². The van der Waals surface area contributed by atoms with Gasteiger partial charge in [0.1, 0.15) is 32.7 Å². The molecule has 0 saturated carbocycles. The standard InChI is InChI=1S/C15H21F3N2/c1-12(2)20-9-7-19(8-10-20)11-13-5-3-4-6-14(13)15(16,17)18/h3-6,12H,7-11H2,1-2H3/p+2. The quantitative estimate of drug-likeness (QED) is 0.797. The minimum Gasteiger partial charge on any atom is -0.324 e. The molecule has 2 rings (SSSR count). The molecule has 5 heteroatoms. The van der Waals surface area contributed by atoms with Crippen LogP contribution in [0.5, 0.6) is 0 Å². The van der Waals surface area contributed by atoms with E-state index in [-0.39, 0.29) is 0 Å². The molecule has 0 unspecified atom stereocenters. The molecule has 2 N–H and O–H groups in total. The Balaban J connectivity index is 2.02. The van der Waals surface area contributed by atoms with Crippen molar-refractivity contribution >= 4 is 0 Å². The van der Waals surface area contributed by atoms with E-state index < -0.39 is 11.7 Å². The zero-order valence-electron chi connectivity index (χ0n) is 12.1. The van der Waals surface area contributed by atoms with E-state index in [0.29, 0.717) is 18.2 Å². The Labute approximate surface area is 118 Å². The van der Waals surface area contributed by atoms with Crippen LogP contribution in [0.4, 0.5) is 13.2 Å². The minimum absolute atomic E-state index is 0.419. The van der Waals surface area contributed by atoms with Crippen molar-refractivity contribution in [2.75, 3.05) is 26.2 Å². The second kappa shape index (κ2) is 6.14. The highest BCUT2D eigenvalue weighted by Crippen LogP contribution is 2.31. The molecule has 1 aliphatic heterocycles. The predicted molar refractivity (Wildman–Crippen MR) is 71.7 cm³/mol. The molecule has 0 atom stereocenters. The summed E-state index contributed by atoms with van der Waals surface area (Å²) in [5.74, 6) is 0. The van der Waals surface area contributed by atoms with Crippen LogP contribution in [0.3, 0.4) is 0 Å². The molecular weight excluding hydrogens is 265 g/mol. The van der Waals surface area contributed by atoms with E-state index in [1.165, 1.54) is 17.0 Å². The van der Waals surface area contributed by atoms with Crippen LogP contribution in [0.1, 0.15) is 25.0 Å². The average Bonchev–Trinajstić information content (AvgIpc) is 2.38. The van der Waals surface area contributed by atoms with Gasteiger partial charge in [0, 0.05) is 5.56 Å². The smallest absolute Gasteiger partial charge is 0.324 e. The van der Waals surface area contributed by atoms with Crippen LogP contribution in [0.2, 0.25) is 0 Å². The lowest BCUT2D eigenvalue weighted by Crippen LogP contribution is -3.28. The molecule has 2 nitrogen and oxygen atoms in total. The SMILES string of the molecule is CC(C)[NH+]1CC[NH+](Cc2ccccc2C(F)(F)F)CC1. The third-order valence-corrected chi connectivity index (χ3v) is 4.18.